The van der Waals surface area contributed by atoms with Crippen molar-refractivity contribution >= 4 is 5.69 Å². The second-order valence-corrected chi connectivity index (χ2v) is 2.91. The molecule has 0 radical (unpaired) electrons. The Bertz CT molecular complexity index is 366. The van der Waals surface area contributed by atoms with E-state index in [-0.39, 0.29) is 17.4 Å². The molecule has 0 fully saturated rings. The van der Waals surface area contributed by atoms with Crippen LogP contribution in [-0.4, -0.2) is 5.11 Å². The molecule has 0 bridgehead atoms. The molecule has 1 rings (SSSR count). The SMILES string of the molecule is CC(N)c1cc(N)cc(C#N)c1O. The van der Waals surface area contributed by atoms with Crippen LogP contribution in [0.15, 0.2) is 12.1 Å². The minimum atomic E-state index is -0.337. The molecular formula is C9H11N3O. The van der Waals surface area contributed by atoms with Gasteiger partial charge in [-0.05, 0) is 19.1 Å². The maximum absolute atomic E-state index is 9.53. The Morgan fingerprint density at radius 3 is 2.62 bits per heavy atom. The first kappa shape index (κ1) is 9.36. The van der Waals surface area contributed by atoms with Gasteiger partial charge < -0.3 is 16.6 Å². The van der Waals surface area contributed by atoms with E-state index in [9.17, 15) is 5.11 Å². The highest BCUT2D eigenvalue weighted by atomic mass is 16.3. The predicted molar refractivity (Wildman–Crippen MR) is 49.8 cm³/mol. The summed E-state index contributed by atoms with van der Waals surface area (Å²) < 4.78 is 0. The standard InChI is InChI=1S/C9H11N3O/c1-5(11)8-3-7(12)2-6(4-10)9(8)13/h2-3,5,13H,11-12H2,1H3. The van der Waals surface area contributed by atoms with E-state index in [1.54, 1.807) is 13.0 Å². The molecule has 0 saturated carbocycles. The molecule has 0 amide bonds. The molecule has 0 aliphatic heterocycles. The van der Waals surface area contributed by atoms with Gasteiger partial charge in [-0.15, -0.1) is 0 Å². The van der Waals surface area contributed by atoms with Gasteiger partial charge in [0.05, 0.1) is 5.56 Å². The molecule has 5 N–H and O–H groups in total. The van der Waals surface area contributed by atoms with Crippen molar-refractivity contribution in [1.29, 1.82) is 5.26 Å². The van der Waals surface area contributed by atoms with Gasteiger partial charge in [0.2, 0.25) is 0 Å². The summed E-state index contributed by atoms with van der Waals surface area (Å²) in [7, 11) is 0. The third-order valence-electron chi connectivity index (χ3n) is 1.77. The van der Waals surface area contributed by atoms with Crippen LogP contribution in [0.4, 0.5) is 5.69 Å². The van der Waals surface area contributed by atoms with E-state index in [0.29, 0.717) is 11.3 Å². The smallest absolute Gasteiger partial charge is 0.138 e. The Labute approximate surface area is 76.4 Å². The monoisotopic (exact) mass is 177 g/mol. The van der Waals surface area contributed by atoms with Crippen molar-refractivity contribution in [2.75, 3.05) is 5.73 Å². The first-order chi connectivity index (χ1) is 6.06. The van der Waals surface area contributed by atoms with Crippen molar-refractivity contribution in [3.63, 3.8) is 0 Å². The number of anilines is 1. The number of hydrogen-bond donors (Lipinski definition) is 3. The molecule has 0 aliphatic rings. The van der Waals surface area contributed by atoms with Gasteiger partial charge in [0, 0.05) is 17.3 Å². The third kappa shape index (κ3) is 1.71. The van der Waals surface area contributed by atoms with Gasteiger partial charge in [-0.3, -0.25) is 0 Å². The lowest BCUT2D eigenvalue weighted by molar-refractivity contribution is 0.462. The summed E-state index contributed by atoms with van der Waals surface area (Å²) in [5.74, 6) is -0.0771. The fourth-order valence-corrected chi connectivity index (χ4v) is 1.11. The predicted octanol–water partition coefficient (Wildman–Crippen LogP) is 0.866. The molecule has 13 heavy (non-hydrogen) atoms. The average molecular weight is 177 g/mol. The average Bonchev–Trinajstić information content (AvgIpc) is 2.08. The number of aromatic hydroxyl groups is 1. The molecule has 0 aromatic heterocycles. The van der Waals surface area contributed by atoms with Crippen LogP contribution in [-0.2, 0) is 0 Å². The molecule has 1 unspecified atom stereocenters. The summed E-state index contributed by atoms with van der Waals surface area (Å²) in [6.45, 7) is 1.72. The van der Waals surface area contributed by atoms with E-state index in [0.717, 1.165) is 0 Å². The number of nitrogens with two attached hydrogens (primary N) is 2. The summed E-state index contributed by atoms with van der Waals surface area (Å²) in [6.07, 6.45) is 0. The first-order valence-corrected chi connectivity index (χ1v) is 3.84. The molecule has 1 aromatic rings. The van der Waals surface area contributed by atoms with Gasteiger partial charge in [-0.1, -0.05) is 0 Å². The Balaban J connectivity index is 3.38. The van der Waals surface area contributed by atoms with Crippen molar-refractivity contribution in [3.8, 4) is 11.8 Å². The Morgan fingerprint density at radius 2 is 2.15 bits per heavy atom. The minimum Gasteiger partial charge on any atom is -0.506 e. The van der Waals surface area contributed by atoms with Crippen molar-refractivity contribution in [2.24, 2.45) is 5.73 Å². The van der Waals surface area contributed by atoms with E-state index >= 15 is 0 Å². The Kier molecular flexibility index (Phi) is 2.40. The van der Waals surface area contributed by atoms with Gasteiger partial charge in [-0.2, -0.15) is 5.26 Å². The molecule has 0 spiro atoms. The van der Waals surface area contributed by atoms with Crippen LogP contribution in [0.1, 0.15) is 24.1 Å². The zero-order chi connectivity index (χ0) is 10.0. The second-order valence-electron chi connectivity index (χ2n) is 2.91. The van der Waals surface area contributed by atoms with E-state index in [2.05, 4.69) is 0 Å². The van der Waals surface area contributed by atoms with Gasteiger partial charge in [0.25, 0.3) is 0 Å². The number of benzene rings is 1. The molecule has 0 saturated heterocycles. The molecule has 1 aromatic carbocycles. The van der Waals surface area contributed by atoms with Crippen LogP contribution in [0.25, 0.3) is 0 Å². The van der Waals surface area contributed by atoms with Crippen LogP contribution >= 0.6 is 0 Å². The summed E-state index contributed by atoms with van der Waals surface area (Å²) in [5, 5.41) is 18.2. The highest BCUT2D eigenvalue weighted by Gasteiger charge is 2.11. The number of nitrogen functional groups attached to an aromatic ring is 1. The van der Waals surface area contributed by atoms with Gasteiger partial charge in [0.15, 0.2) is 0 Å². The maximum atomic E-state index is 9.53. The van der Waals surface area contributed by atoms with E-state index < -0.39 is 0 Å². The summed E-state index contributed by atoms with van der Waals surface area (Å²) in [6, 6.07) is 4.50. The summed E-state index contributed by atoms with van der Waals surface area (Å²) in [5.41, 5.74) is 12.2. The molecule has 0 aliphatic carbocycles. The van der Waals surface area contributed by atoms with Crippen molar-refractivity contribution < 1.29 is 5.11 Å². The second kappa shape index (κ2) is 3.33. The van der Waals surface area contributed by atoms with Crippen molar-refractivity contribution in [2.45, 2.75) is 13.0 Å². The Hall–Kier alpha value is -1.73. The molecule has 1 atom stereocenters. The van der Waals surface area contributed by atoms with E-state index in [1.165, 1.54) is 6.07 Å². The number of phenols is 1. The lowest BCUT2D eigenvalue weighted by atomic mass is 10.0. The van der Waals surface area contributed by atoms with Crippen LogP contribution < -0.4 is 11.5 Å². The lowest BCUT2D eigenvalue weighted by Gasteiger charge is -2.10. The molecular weight excluding hydrogens is 166 g/mol. The first-order valence-electron chi connectivity index (χ1n) is 3.84. The normalized spacial score (nSPS) is 12.1. The number of nitrogens with zero attached hydrogens (tertiary/aromatic N) is 1. The van der Waals surface area contributed by atoms with Gasteiger partial charge in [0.1, 0.15) is 11.8 Å². The minimum absolute atomic E-state index is 0.0771. The number of rotatable bonds is 1. The quantitative estimate of drug-likeness (QED) is 0.438. The van der Waals surface area contributed by atoms with Crippen LogP contribution in [0, 0.1) is 11.3 Å². The third-order valence-corrected chi connectivity index (χ3v) is 1.77. The lowest BCUT2D eigenvalue weighted by Crippen LogP contribution is -2.06. The van der Waals surface area contributed by atoms with E-state index in [4.69, 9.17) is 16.7 Å². The van der Waals surface area contributed by atoms with Crippen LogP contribution in [0.3, 0.4) is 0 Å². The van der Waals surface area contributed by atoms with Crippen LogP contribution in [0.5, 0.6) is 5.75 Å². The van der Waals surface area contributed by atoms with Crippen molar-refractivity contribution in [1.82, 2.24) is 0 Å². The molecule has 68 valence electrons. The number of nitriles is 1. The summed E-state index contributed by atoms with van der Waals surface area (Å²) in [4.78, 5) is 0. The fourth-order valence-electron chi connectivity index (χ4n) is 1.11. The highest BCUT2D eigenvalue weighted by Crippen LogP contribution is 2.28. The largest absolute Gasteiger partial charge is 0.506 e. The van der Waals surface area contributed by atoms with Crippen LogP contribution in [0.2, 0.25) is 0 Å². The van der Waals surface area contributed by atoms with Gasteiger partial charge in [-0.25, -0.2) is 0 Å². The zero-order valence-corrected chi connectivity index (χ0v) is 7.28. The molecule has 0 heterocycles. The van der Waals surface area contributed by atoms with Gasteiger partial charge >= 0.3 is 0 Å². The molecule has 4 heteroatoms. The number of hydrogen-bond acceptors (Lipinski definition) is 4. The number of phenolic OH excluding ortho intramolecular Hbond substituents is 1. The summed E-state index contributed by atoms with van der Waals surface area (Å²) >= 11 is 0. The van der Waals surface area contributed by atoms with E-state index in [1.807, 2.05) is 6.07 Å². The molecule has 4 nitrogen and oxygen atoms in total. The maximum Gasteiger partial charge on any atom is 0.138 e. The zero-order valence-electron chi connectivity index (χ0n) is 7.28. The fraction of sp³-hybridized carbons (Fsp3) is 0.222. The van der Waals surface area contributed by atoms with Crippen molar-refractivity contribution in [3.05, 3.63) is 23.3 Å². The topological polar surface area (TPSA) is 96.1 Å². The Morgan fingerprint density at radius 1 is 1.54 bits per heavy atom. The highest BCUT2D eigenvalue weighted by molar-refractivity contribution is 5.57.